The topological polar surface area (TPSA) is 123 Å². The van der Waals surface area contributed by atoms with E-state index >= 15 is 0 Å². The first kappa shape index (κ1) is 25.6. The number of aromatic nitrogens is 1. The molecule has 0 spiro atoms. The highest BCUT2D eigenvalue weighted by Crippen LogP contribution is 2.30. The van der Waals surface area contributed by atoms with Gasteiger partial charge in [-0.15, -0.1) is 0 Å². The van der Waals surface area contributed by atoms with Crippen molar-refractivity contribution in [2.24, 2.45) is 5.73 Å². The zero-order valence-electron chi connectivity index (χ0n) is 19.6. The molecular weight excluding hydrogens is 489 g/mol. The summed E-state index contributed by atoms with van der Waals surface area (Å²) in [4.78, 5) is 26.3. The van der Waals surface area contributed by atoms with Gasteiger partial charge < -0.3 is 25.2 Å². The van der Waals surface area contributed by atoms with Gasteiger partial charge in [0.2, 0.25) is 0 Å². The van der Waals surface area contributed by atoms with Crippen LogP contribution < -0.4 is 16.4 Å². The highest BCUT2D eigenvalue weighted by Gasteiger charge is 2.38. The molecular formula is C25H27ClFN5O4. The van der Waals surface area contributed by atoms with Gasteiger partial charge in [-0.25, -0.2) is 9.18 Å². The molecule has 2 heterocycles. The van der Waals surface area contributed by atoms with Crippen LogP contribution in [0, 0.1) is 5.82 Å². The van der Waals surface area contributed by atoms with Gasteiger partial charge in [0.1, 0.15) is 24.2 Å². The Bertz CT molecular complexity index is 1200. The highest BCUT2D eigenvalue weighted by atomic mass is 35.5. The van der Waals surface area contributed by atoms with E-state index in [-0.39, 0.29) is 30.8 Å². The summed E-state index contributed by atoms with van der Waals surface area (Å²) < 4.78 is 24.4. The van der Waals surface area contributed by atoms with Crippen molar-refractivity contribution in [3.8, 4) is 11.3 Å². The molecule has 0 radical (unpaired) electrons. The minimum Gasteiger partial charge on any atom is -0.462 e. The standard InChI is InChI=1S/C25H27ClFN5O4/c1-32(25(34)29-13-16-8-5-9-18(27)23(16)26)17(12-28)14-35-24(33)21-10-19(30-21)20-11-22(36-31-20)15-6-3-2-4-7-15/h2-9,11,17,19,21,30H,10,12-14,28H2,1H3,(H,29,34)/t17-,19?,21?/m0/s1. The Morgan fingerprint density at radius 3 is 2.78 bits per heavy atom. The normalized spacial score (nSPS) is 17.7. The summed E-state index contributed by atoms with van der Waals surface area (Å²) in [6, 6.07) is 14.2. The first-order chi connectivity index (χ1) is 17.4. The summed E-state index contributed by atoms with van der Waals surface area (Å²) in [5.41, 5.74) is 7.89. The van der Waals surface area contributed by atoms with Gasteiger partial charge in [-0.2, -0.15) is 0 Å². The number of urea groups is 1. The number of carbonyl (C=O) groups is 2. The van der Waals surface area contributed by atoms with Crippen LogP contribution in [0.2, 0.25) is 5.02 Å². The number of nitrogens with two attached hydrogens (primary N) is 1. The number of carbonyl (C=O) groups excluding carboxylic acids is 2. The lowest BCUT2D eigenvalue weighted by atomic mass is 9.94. The predicted octanol–water partition coefficient (Wildman–Crippen LogP) is 3.25. The monoisotopic (exact) mass is 515 g/mol. The van der Waals surface area contributed by atoms with Gasteiger partial charge in [0, 0.05) is 31.8 Å². The zero-order chi connectivity index (χ0) is 25.7. The Kier molecular flexibility index (Phi) is 8.19. The third-order valence-corrected chi connectivity index (χ3v) is 6.55. The van der Waals surface area contributed by atoms with Crippen LogP contribution in [-0.4, -0.2) is 54.3 Å². The van der Waals surface area contributed by atoms with Crippen molar-refractivity contribution in [1.82, 2.24) is 20.7 Å². The molecule has 9 nitrogen and oxygen atoms in total. The third-order valence-electron chi connectivity index (χ3n) is 6.12. The second-order valence-corrected chi connectivity index (χ2v) is 8.87. The number of nitrogens with zero attached hydrogens (tertiary/aromatic N) is 2. The molecule has 0 bridgehead atoms. The van der Waals surface area contributed by atoms with E-state index in [1.807, 2.05) is 36.4 Å². The lowest BCUT2D eigenvalue weighted by molar-refractivity contribution is -0.150. The Labute approximate surface area is 212 Å². The van der Waals surface area contributed by atoms with Crippen molar-refractivity contribution >= 4 is 23.6 Å². The second-order valence-electron chi connectivity index (χ2n) is 8.49. The molecule has 0 saturated carbocycles. The maximum Gasteiger partial charge on any atom is 0.323 e. The lowest BCUT2D eigenvalue weighted by Gasteiger charge is -2.34. The number of halogens is 2. The van der Waals surface area contributed by atoms with Crippen LogP contribution >= 0.6 is 11.6 Å². The average Bonchev–Trinajstić information content (AvgIpc) is 3.34. The van der Waals surface area contributed by atoms with E-state index in [1.165, 1.54) is 17.0 Å². The van der Waals surface area contributed by atoms with E-state index in [9.17, 15) is 14.0 Å². The molecule has 190 valence electrons. The van der Waals surface area contributed by atoms with Crippen molar-refractivity contribution in [1.29, 1.82) is 0 Å². The van der Waals surface area contributed by atoms with Gasteiger partial charge in [0.05, 0.1) is 17.1 Å². The van der Waals surface area contributed by atoms with E-state index < -0.39 is 29.9 Å². The molecule has 4 N–H and O–H groups in total. The van der Waals surface area contributed by atoms with Crippen molar-refractivity contribution in [3.05, 3.63) is 76.7 Å². The van der Waals surface area contributed by atoms with Crippen LogP contribution in [0.15, 0.2) is 59.1 Å². The van der Waals surface area contributed by atoms with Gasteiger partial charge in [0.15, 0.2) is 5.76 Å². The first-order valence-electron chi connectivity index (χ1n) is 11.5. The molecule has 2 amide bonds. The number of hydrogen-bond donors (Lipinski definition) is 3. The maximum atomic E-state index is 13.6. The van der Waals surface area contributed by atoms with Crippen molar-refractivity contribution in [2.45, 2.75) is 31.1 Å². The summed E-state index contributed by atoms with van der Waals surface area (Å²) in [6.07, 6.45) is 0.512. The molecule has 1 saturated heterocycles. The number of esters is 1. The van der Waals surface area contributed by atoms with Crippen LogP contribution in [-0.2, 0) is 16.1 Å². The number of rotatable bonds is 9. The van der Waals surface area contributed by atoms with Gasteiger partial charge in [-0.3, -0.25) is 10.1 Å². The minimum absolute atomic E-state index is 0.0399. The highest BCUT2D eigenvalue weighted by molar-refractivity contribution is 6.31. The molecule has 11 heteroatoms. The Hall–Kier alpha value is -3.47. The molecule has 3 atom stereocenters. The molecule has 2 aromatic carbocycles. The number of hydrogen-bond acceptors (Lipinski definition) is 7. The summed E-state index contributed by atoms with van der Waals surface area (Å²) in [5.74, 6) is -0.336. The Morgan fingerprint density at radius 1 is 1.31 bits per heavy atom. The van der Waals surface area contributed by atoms with Crippen LogP contribution in [0.25, 0.3) is 11.3 Å². The average molecular weight is 516 g/mol. The predicted molar refractivity (Wildman–Crippen MR) is 131 cm³/mol. The molecule has 1 aliphatic rings. The van der Waals surface area contributed by atoms with Crippen LogP contribution in [0.5, 0.6) is 0 Å². The molecule has 1 aliphatic heterocycles. The van der Waals surface area contributed by atoms with Gasteiger partial charge >= 0.3 is 12.0 Å². The Balaban J connectivity index is 1.22. The van der Waals surface area contributed by atoms with Crippen LogP contribution in [0.3, 0.4) is 0 Å². The van der Waals surface area contributed by atoms with Crippen LogP contribution in [0.4, 0.5) is 9.18 Å². The number of likely N-dealkylation sites (N-methyl/N-ethyl adjacent to an activating group) is 1. The van der Waals surface area contributed by atoms with E-state index in [4.69, 9.17) is 26.6 Å². The van der Waals surface area contributed by atoms with Crippen molar-refractivity contribution in [3.63, 3.8) is 0 Å². The van der Waals surface area contributed by atoms with Crippen LogP contribution in [0.1, 0.15) is 23.7 Å². The quantitative estimate of drug-likeness (QED) is 0.374. The number of ether oxygens (including phenoxy) is 1. The van der Waals surface area contributed by atoms with E-state index in [2.05, 4.69) is 15.8 Å². The maximum absolute atomic E-state index is 13.6. The third kappa shape index (κ3) is 5.84. The molecule has 36 heavy (non-hydrogen) atoms. The molecule has 1 aromatic heterocycles. The fourth-order valence-electron chi connectivity index (χ4n) is 3.78. The molecule has 2 unspecified atom stereocenters. The van der Waals surface area contributed by atoms with Gasteiger partial charge in [-0.1, -0.05) is 59.2 Å². The Morgan fingerprint density at radius 2 is 2.06 bits per heavy atom. The van der Waals surface area contributed by atoms with Gasteiger partial charge in [-0.05, 0) is 18.1 Å². The first-order valence-corrected chi connectivity index (χ1v) is 11.8. The van der Waals surface area contributed by atoms with Crippen molar-refractivity contribution in [2.75, 3.05) is 20.2 Å². The smallest absolute Gasteiger partial charge is 0.323 e. The van der Waals surface area contributed by atoms with E-state index in [0.29, 0.717) is 23.4 Å². The summed E-state index contributed by atoms with van der Waals surface area (Å²) in [7, 11) is 1.54. The summed E-state index contributed by atoms with van der Waals surface area (Å²) in [5, 5.41) is 9.86. The fourth-order valence-corrected chi connectivity index (χ4v) is 3.97. The van der Waals surface area contributed by atoms with E-state index in [1.54, 1.807) is 13.1 Å². The van der Waals surface area contributed by atoms with E-state index in [0.717, 1.165) is 5.56 Å². The summed E-state index contributed by atoms with van der Waals surface area (Å²) >= 11 is 5.93. The summed E-state index contributed by atoms with van der Waals surface area (Å²) in [6.45, 7) is 0.0586. The zero-order valence-corrected chi connectivity index (χ0v) is 20.4. The largest absolute Gasteiger partial charge is 0.462 e. The fraction of sp³-hybridized carbons (Fsp3) is 0.320. The minimum atomic E-state index is -0.560. The number of amides is 2. The van der Waals surface area contributed by atoms with Gasteiger partial charge in [0.25, 0.3) is 0 Å². The molecule has 3 aromatic rings. The molecule has 4 rings (SSSR count). The molecule has 1 fully saturated rings. The number of nitrogens with one attached hydrogen (secondary N) is 2. The van der Waals surface area contributed by atoms with Crippen molar-refractivity contribution < 1.29 is 23.2 Å². The lowest BCUT2D eigenvalue weighted by Crippen LogP contribution is -2.53. The number of benzene rings is 2. The second kappa shape index (κ2) is 11.5. The SMILES string of the molecule is CN(C(=O)NCc1cccc(F)c1Cl)[C@@H](CN)COC(=O)C1CC(c2cc(-c3ccccc3)on2)N1. The molecule has 0 aliphatic carbocycles.